The summed E-state index contributed by atoms with van der Waals surface area (Å²) in [7, 11) is 0. The molecule has 1 heterocycles. The Morgan fingerprint density at radius 2 is 1.87 bits per heavy atom. The minimum absolute atomic E-state index is 0.546. The van der Waals surface area contributed by atoms with Crippen molar-refractivity contribution >= 4 is 39.2 Å². The smallest absolute Gasteiger partial charge is 0.134 e. The fourth-order valence-corrected chi connectivity index (χ4v) is 2.63. The Morgan fingerprint density at radius 3 is 2.57 bits per heavy atom. The van der Waals surface area contributed by atoms with Gasteiger partial charge in [-0.1, -0.05) is 51.8 Å². The van der Waals surface area contributed by atoms with Crippen LogP contribution in [0.2, 0.25) is 5.02 Å². The Labute approximate surface area is 147 Å². The third-order valence-corrected chi connectivity index (χ3v) is 4.06. The fourth-order valence-electron chi connectivity index (χ4n) is 2.18. The second kappa shape index (κ2) is 6.87. The molecule has 0 saturated carbocycles. The molecule has 0 aliphatic carbocycles. The first kappa shape index (κ1) is 15.6. The van der Waals surface area contributed by atoms with Crippen LogP contribution in [0, 0.1) is 11.3 Å². The van der Waals surface area contributed by atoms with E-state index in [1.807, 2.05) is 60.7 Å². The predicted molar refractivity (Wildman–Crippen MR) is 96.8 cm³/mol. The summed E-state index contributed by atoms with van der Waals surface area (Å²) in [6.07, 6.45) is 1.73. The molecule has 23 heavy (non-hydrogen) atoms. The average Bonchev–Trinajstić information content (AvgIpc) is 3.02. The third-order valence-electron chi connectivity index (χ3n) is 3.30. The number of hydrogen-bond acceptors (Lipinski definition) is 2. The van der Waals surface area contributed by atoms with E-state index in [1.165, 1.54) is 0 Å². The standard InChI is InChI=1S/C19H11BrClNO/c20-16-6-4-13(5-7-16)15(12-22)11-18-8-9-19(23-18)14-2-1-3-17(21)10-14/h1-11H/b15-11-. The molecule has 112 valence electrons. The Kier molecular flexibility index (Phi) is 4.66. The van der Waals surface area contributed by atoms with Gasteiger partial charge >= 0.3 is 0 Å². The Morgan fingerprint density at radius 1 is 1.09 bits per heavy atom. The summed E-state index contributed by atoms with van der Waals surface area (Å²) >= 11 is 9.39. The summed E-state index contributed by atoms with van der Waals surface area (Å²) in [6.45, 7) is 0. The molecule has 2 aromatic carbocycles. The van der Waals surface area contributed by atoms with E-state index in [2.05, 4.69) is 22.0 Å². The maximum Gasteiger partial charge on any atom is 0.134 e. The first-order valence-corrected chi connectivity index (χ1v) is 8.06. The van der Waals surface area contributed by atoms with Gasteiger partial charge in [0.1, 0.15) is 11.5 Å². The van der Waals surface area contributed by atoms with Crippen molar-refractivity contribution in [3.63, 3.8) is 0 Å². The third kappa shape index (κ3) is 3.73. The lowest BCUT2D eigenvalue weighted by molar-refractivity contribution is 0.572. The maximum atomic E-state index is 9.38. The van der Waals surface area contributed by atoms with Gasteiger partial charge in [-0.3, -0.25) is 0 Å². The molecule has 0 aliphatic rings. The van der Waals surface area contributed by atoms with Gasteiger partial charge in [0.2, 0.25) is 0 Å². The van der Waals surface area contributed by atoms with Crippen LogP contribution in [0.15, 0.2) is 69.6 Å². The van der Waals surface area contributed by atoms with Crippen molar-refractivity contribution in [2.24, 2.45) is 0 Å². The van der Waals surface area contributed by atoms with Gasteiger partial charge in [-0.05, 0) is 48.0 Å². The quantitative estimate of drug-likeness (QED) is 0.488. The molecule has 3 rings (SSSR count). The van der Waals surface area contributed by atoms with Gasteiger partial charge in [-0.25, -0.2) is 0 Å². The van der Waals surface area contributed by atoms with Crippen molar-refractivity contribution in [3.05, 3.63) is 81.5 Å². The minimum atomic E-state index is 0.546. The molecule has 0 radical (unpaired) electrons. The molecule has 0 atom stereocenters. The van der Waals surface area contributed by atoms with Crippen LogP contribution in [-0.4, -0.2) is 0 Å². The topological polar surface area (TPSA) is 36.9 Å². The van der Waals surface area contributed by atoms with Crippen molar-refractivity contribution in [2.75, 3.05) is 0 Å². The van der Waals surface area contributed by atoms with E-state index in [0.717, 1.165) is 15.6 Å². The van der Waals surface area contributed by atoms with E-state index in [9.17, 15) is 5.26 Å². The highest BCUT2D eigenvalue weighted by atomic mass is 79.9. The molecular weight excluding hydrogens is 374 g/mol. The lowest BCUT2D eigenvalue weighted by Crippen LogP contribution is -1.80. The normalized spacial score (nSPS) is 11.3. The van der Waals surface area contributed by atoms with Crippen LogP contribution >= 0.6 is 27.5 Å². The van der Waals surface area contributed by atoms with Crippen LogP contribution in [-0.2, 0) is 0 Å². The second-order valence-electron chi connectivity index (χ2n) is 4.89. The van der Waals surface area contributed by atoms with Gasteiger partial charge in [0.05, 0.1) is 11.6 Å². The lowest BCUT2D eigenvalue weighted by Gasteiger charge is -1.99. The van der Waals surface area contributed by atoms with Crippen LogP contribution in [0.4, 0.5) is 0 Å². The second-order valence-corrected chi connectivity index (χ2v) is 6.24. The molecule has 0 bridgehead atoms. The summed E-state index contributed by atoms with van der Waals surface area (Å²) in [6, 6.07) is 21.0. The van der Waals surface area contributed by atoms with Crippen LogP contribution in [0.1, 0.15) is 11.3 Å². The van der Waals surface area contributed by atoms with Gasteiger partial charge in [0, 0.05) is 15.1 Å². The van der Waals surface area contributed by atoms with Crippen molar-refractivity contribution < 1.29 is 4.42 Å². The molecule has 0 spiro atoms. The molecule has 1 aromatic heterocycles. The zero-order valence-electron chi connectivity index (χ0n) is 12.0. The first-order chi connectivity index (χ1) is 11.2. The molecular formula is C19H11BrClNO. The van der Waals surface area contributed by atoms with Crippen molar-refractivity contribution in [2.45, 2.75) is 0 Å². The van der Waals surface area contributed by atoms with Gasteiger partial charge < -0.3 is 4.42 Å². The number of halogens is 2. The molecule has 0 saturated heterocycles. The van der Waals surface area contributed by atoms with Gasteiger partial charge in [-0.2, -0.15) is 5.26 Å². The summed E-state index contributed by atoms with van der Waals surface area (Å²) in [4.78, 5) is 0. The number of rotatable bonds is 3. The number of nitriles is 1. The van der Waals surface area contributed by atoms with Gasteiger partial charge in [-0.15, -0.1) is 0 Å². The minimum Gasteiger partial charge on any atom is -0.457 e. The summed E-state index contributed by atoms with van der Waals surface area (Å²) < 4.78 is 6.78. The van der Waals surface area contributed by atoms with Crippen molar-refractivity contribution in [1.29, 1.82) is 5.26 Å². The molecule has 0 aliphatic heterocycles. The zero-order valence-corrected chi connectivity index (χ0v) is 14.3. The van der Waals surface area contributed by atoms with Crippen LogP contribution < -0.4 is 0 Å². The van der Waals surface area contributed by atoms with Crippen molar-refractivity contribution in [3.8, 4) is 17.4 Å². The Bertz CT molecular complexity index is 904. The maximum absolute atomic E-state index is 9.38. The van der Waals surface area contributed by atoms with Crippen LogP contribution in [0.5, 0.6) is 0 Å². The predicted octanol–water partition coefficient (Wildman–Crippen LogP) is 6.43. The summed E-state index contributed by atoms with van der Waals surface area (Å²) in [5.41, 5.74) is 2.29. The average molecular weight is 385 g/mol. The number of furan rings is 1. The van der Waals surface area contributed by atoms with E-state index >= 15 is 0 Å². The SMILES string of the molecule is N#C/C(=C/c1ccc(-c2cccc(Cl)c2)o1)c1ccc(Br)cc1. The molecule has 0 amide bonds. The molecule has 4 heteroatoms. The highest BCUT2D eigenvalue weighted by Crippen LogP contribution is 2.27. The van der Waals surface area contributed by atoms with Gasteiger partial charge in [0.25, 0.3) is 0 Å². The molecule has 3 aromatic rings. The van der Waals surface area contributed by atoms with Crippen molar-refractivity contribution in [1.82, 2.24) is 0 Å². The summed E-state index contributed by atoms with van der Waals surface area (Å²) in [5.74, 6) is 1.34. The number of nitrogens with zero attached hydrogens (tertiary/aromatic N) is 1. The van der Waals surface area contributed by atoms with E-state index in [0.29, 0.717) is 22.1 Å². The largest absolute Gasteiger partial charge is 0.457 e. The van der Waals surface area contributed by atoms with E-state index in [-0.39, 0.29) is 0 Å². The highest BCUT2D eigenvalue weighted by Gasteiger charge is 2.06. The van der Waals surface area contributed by atoms with E-state index in [4.69, 9.17) is 16.0 Å². The Hall–Kier alpha value is -2.28. The lowest BCUT2D eigenvalue weighted by atomic mass is 10.1. The first-order valence-electron chi connectivity index (χ1n) is 6.89. The fraction of sp³-hybridized carbons (Fsp3) is 0. The molecule has 0 N–H and O–H groups in total. The Balaban J connectivity index is 1.93. The zero-order chi connectivity index (χ0) is 16.2. The molecule has 0 fully saturated rings. The molecule has 2 nitrogen and oxygen atoms in total. The van der Waals surface area contributed by atoms with Gasteiger partial charge in [0.15, 0.2) is 0 Å². The van der Waals surface area contributed by atoms with Crippen LogP contribution in [0.25, 0.3) is 23.0 Å². The highest BCUT2D eigenvalue weighted by molar-refractivity contribution is 9.10. The van der Waals surface area contributed by atoms with Crippen LogP contribution in [0.3, 0.4) is 0 Å². The number of benzene rings is 2. The number of hydrogen-bond donors (Lipinski definition) is 0. The van der Waals surface area contributed by atoms with E-state index in [1.54, 1.807) is 6.08 Å². The summed E-state index contributed by atoms with van der Waals surface area (Å²) in [5, 5.41) is 10.0. The van der Waals surface area contributed by atoms with E-state index < -0.39 is 0 Å². The number of allylic oxidation sites excluding steroid dienone is 1. The molecule has 0 unspecified atom stereocenters. The monoisotopic (exact) mass is 383 g/mol.